The van der Waals surface area contributed by atoms with E-state index in [9.17, 15) is 9.59 Å². The van der Waals surface area contributed by atoms with E-state index < -0.39 is 11.9 Å². The minimum atomic E-state index is -0.549. The molecule has 0 radical (unpaired) electrons. The maximum Gasteiger partial charge on any atom is 0.344 e. The van der Waals surface area contributed by atoms with Gasteiger partial charge in [-0.1, -0.05) is 17.7 Å². The summed E-state index contributed by atoms with van der Waals surface area (Å²) >= 11 is 0. The molecular weight excluding hydrogens is 218 g/mol. The molecule has 0 unspecified atom stereocenters. The number of anilines is 1. The number of carbonyl (C=O) groups is 2. The zero-order valence-corrected chi connectivity index (χ0v) is 9.74. The molecule has 0 spiro atoms. The molecule has 1 aromatic carbocycles. The molecule has 0 bridgehead atoms. The van der Waals surface area contributed by atoms with Gasteiger partial charge in [0, 0.05) is 17.8 Å². The van der Waals surface area contributed by atoms with Gasteiger partial charge in [-0.2, -0.15) is 0 Å². The normalized spacial score (nSPS) is 15.2. The molecule has 0 aliphatic carbocycles. The Balaban J connectivity index is 2.06. The van der Waals surface area contributed by atoms with Crippen molar-refractivity contribution in [1.82, 2.24) is 0 Å². The number of nitrogens with one attached hydrogen (secondary N) is 1. The molecule has 2 rings (SSSR count). The average molecular weight is 231 g/mol. The molecule has 0 saturated heterocycles. The van der Waals surface area contributed by atoms with Crippen molar-refractivity contribution in [2.24, 2.45) is 0 Å². The van der Waals surface area contributed by atoms with Gasteiger partial charge in [0.1, 0.15) is 0 Å². The SMILES string of the molecule is CC1=C(CNc2ccc(C)cc2)C(=O)OC1=O. The molecule has 4 heteroatoms. The summed E-state index contributed by atoms with van der Waals surface area (Å²) in [4.78, 5) is 22.5. The van der Waals surface area contributed by atoms with Crippen molar-refractivity contribution in [3.05, 3.63) is 41.0 Å². The van der Waals surface area contributed by atoms with Gasteiger partial charge in [0.25, 0.3) is 0 Å². The summed E-state index contributed by atoms with van der Waals surface area (Å²) in [6.07, 6.45) is 0. The Morgan fingerprint density at radius 1 is 1.06 bits per heavy atom. The fourth-order valence-corrected chi connectivity index (χ4v) is 1.57. The van der Waals surface area contributed by atoms with E-state index in [1.807, 2.05) is 31.2 Å². The van der Waals surface area contributed by atoms with Crippen LogP contribution in [0.5, 0.6) is 0 Å². The Kier molecular flexibility index (Phi) is 2.95. The molecule has 1 aliphatic heterocycles. The number of hydrogen-bond acceptors (Lipinski definition) is 4. The molecule has 1 heterocycles. The Hall–Kier alpha value is -2.10. The van der Waals surface area contributed by atoms with Gasteiger partial charge in [-0.15, -0.1) is 0 Å². The van der Waals surface area contributed by atoms with E-state index in [0.29, 0.717) is 17.7 Å². The highest BCUT2D eigenvalue weighted by atomic mass is 16.6. The van der Waals surface area contributed by atoms with Crippen molar-refractivity contribution in [3.8, 4) is 0 Å². The molecule has 0 fully saturated rings. The molecule has 88 valence electrons. The number of cyclic esters (lactones) is 2. The van der Waals surface area contributed by atoms with Crippen LogP contribution in [0.4, 0.5) is 5.69 Å². The first-order chi connectivity index (χ1) is 8.08. The fourth-order valence-electron chi connectivity index (χ4n) is 1.57. The van der Waals surface area contributed by atoms with E-state index in [2.05, 4.69) is 10.1 Å². The van der Waals surface area contributed by atoms with Gasteiger partial charge >= 0.3 is 11.9 Å². The number of ether oxygens (including phenoxy) is 1. The van der Waals surface area contributed by atoms with E-state index in [4.69, 9.17) is 0 Å². The van der Waals surface area contributed by atoms with Crippen molar-refractivity contribution >= 4 is 17.6 Å². The summed E-state index contributed by atoms with van der Waals surface area (Å²) in [5.74, 6) is -1.09. The molecule has 4 nitrogen and oxygen atoms in total. The van der Waals surface area contributed by atoms with E-state index >= 15 is 0 Å². The predicted molar refractivity (Wildman–Crippen MR) is 63.5 cm³/mol. The Bertz CT molecular complexity index is 500. The van der Waals surface area contributed by atoms with Crippen LogP contribution in [0, 0.1) is 6.92 Å². The van der Waals surface area contributed by atoms with Gasteiger partial charge in [0.05, 0.1) is 5.57 Å². The second kappa shape index (κ2) is 4.41. The van der Waals surface area contributed by atoms with Gasteiger partial charge < -0.3 is 10.1 Å². The van der Waals surface area contributed by atoms with Gasteiger partial charge in [0.2, 0.25) is 0 Å². The third-order valence-corrected chi connectivity index (χ3v) is 2.71. The predicted octanol–water partition coefficient (Wildman–Crippen LogP) is 1.81. The molecule has 0 amide bonds. The molecule has 0 saturated carbocycles. The van der Waals surface area contributed by atoms with Crippen LogP contribution >= 0.6 is 0 Å². The highest BCUT2D eigenvalue weighted by Crippen LogP contribution is 2.18. The van der Waals surface area contributed by atoms with Crippen LogP contribution in [0.15, 0.2) is 35.4 Å². The van der Waals surface area contributed by atoms with E-state index in [0.717, 1.165) is 5.69 Å². The van der Waals surface area contributed by atoms with Crippen LogP contribution in [-0.2, 0) is 14.3 Å². The summed E-state index contributed by atoms with van der Waals surface area (Å²) < 4.78 is 4.50. The van der Waals surface area contributed by atoms with E-state index in [-0.39, 0.29) is 0 Å². The summed E-state index contributed by atoms with van der Waals surface area (Å²) in [5, 5.41) is 3.08. The van der Waals surface area contributed by atoms with Gasteiger partial charge in [-0.3, -0.25) is 0 Å². The molecule has 1 aromatic rings. The smallest absolute Gasteiger partial charge is 0.344 e. The first kappa shape index (κ1) is 11.4. The molecule has 1 N–H and O–H groups in total. The maximum absolute atomic E-state index is 11.3. The van der Waals surface area contributed by atoms with Crippen LogP contribution in [0.3, 0.4) is 0 Å². The largest absolute Gasteiger partial charge is 0.386 e. The van der Waals surface area contributed by atoms with Crippen molar-refractivity contribution in [3.63, 3.8) is 0 Å². The van der Waals surface area contributed by atoms with E-state index in [1.54, 1.807) is 6.92 Å². The monoisotopic (exact) mass is 231 g/mol. The summed E-state index contributed by atoms with van der Waals surface area (Å²) in [6, 6.07) is 7.80. The minimum absolute atomic E-state index is 0.305. The topological polar surface area (TPSA) is 55.4 Å². The van der Waals surface area contributed by atoms with Gasteiger partial charge in [0.15, 0.2) is 0 Å². The molecule has 0 aromatic heterocycles. The average Bonchev–Trinajstić information content (AvgIpc) is 2.54. The summed E-state index contributed by atoms with van der Waals surface area (Å²) in [5.41, 5.74) is 2.86. The van der Waals surface area contributed by atoms with Gasteiger partial charge in [-0.05, 0) is 26.0 Å². The highest BCUT2D eigenvalue weighted by molar-refractivity contribution is 6.12. The quantitative estimate of drug-likeness (QED) is 0.636. The number of hydrogen-bond donors (Lipinski definition) is 1. The lowest BCUT2D eigenvalue weighted by molar-refractivity contribution is -0.151. The summed E-state index contributed by atoms with van der Waals surface area (Å²) in [7, 11) is 0. The Morgan fingerprint density at radius 2 is 1.71 bits per heavy atom. The maximum atomic E-state index is 11.3. The number of carbonyl (C=O) groups excluding carboxylic acids is 2. The second-order valence-electron chi connectivity index (χ2n) is 4.00. The number of benzene rings is 1. The third-order valence-electron chi connectivity index (χ3n) is 2.71. The molecule has 0 atom stereocenters. The lowest BCUT2D eigenvalue weighted by Crippen LogP contribution is -2.11. The third kappa shape index (κ3) is 2.36. The zero-order valence-electron chi connectivity index (χ0n) is 9.74. The highest BCUT2D eigenvalue weighted by Gasteiger charge is 2.29. The number of rotatable bonds is 3. The van der Waals surface area contributed by atoms with E-state index in [1.165, 1.54) is 5.56 Å². The number of esters is 2. The van der Waals surface area contributed by atoms with Crippen LogP contribution in [0.25, 0.3) is 0 Å². The van der Waals surface area contributed by atoms with Crippen molar-refractivity contribution in [1.29, 1.82) is 0 Å². The van der Waals surface area contributed by atoms with Crippen LogP contribution < -0.4 is 5.32 Å². The number of aryl methyl sites for hydroxylation is 1. The summed E-state index contributed by atoms with van der Waals surface area (Å²) in [6.45, 7) is 3.91. The Labute approximate surface area is 99.3 Å². The lowest BCUT2D eigenvalue weighted by atomic mass is 10.1. The van der Waals surface area contributed by atoms with Crippen LogP contribution in [0.2, 0.25) is 0 Å². The second-order valence-corrected chi connectivity index (χ2v) is 4.00. The molecule has 1 aliphatic rings. The first-order valence-corrected chi connectivity index (χ1v) is 5.34. The minimum Gasteiger partial charge on any atom is -0.386 e. The van der Waals surface area contributed by atoms with Crippen molar-refractivity contribution in [2.45, 2.75) is 13.8 Å². The van der Waals surface area contributed by atoms with Crippen LogP contribution in [-0.4, -0.2) is 18.5 Å². The fraction of sp³-hybridized carbons (Fsp3) is 0.231. The lowest BCUT2D eigenvalue weighted by Gasteiger charge is -2.06. The van der Waals surface area contributed by atoms with Crippen LogP contribution in [0.1, 0.15) is 12.5 Å². The van der Waals surface area contributed by atoms with Crippen molar-refractivity contribution in [2.75, 3.05) is 11.9 Å². The van der Waals surface area contributed by atoms with Crippen molar-refractivity contribution < 1.29 is 14.3 Å². The van der Waals surface area contributed by atoms with Gasteiger partial charge in [-0.25, -0.2) is 9.59 Å². The standard InChI is InChI=1S/C13H13NO3/c1-8-3-5-10(6-4-8)14-7-11-9(2)12(15)17-13(11)16/h3-6,14H,7H2,1-2H3. The Morgan fingerprint density at radius 3 is 2.24 bits per heavy atom. The molecular formula is C13H13NO3. The molecule has 17 heavy (non-hydrogen) atoms. The first-order valence-electron chi connectivity index (χ1n) is 5.34. The zero-order chi connectivity index (χ0) is 12.4.